The smallest absolute Gasteiger partial charge is 0.251 e. The average Bonchev–Trinajstić information content (AvgIpc) is 2.60. The second-order valence-corrected chi connectivity index (χ2v) is 6.11. The Morgan fingerprint density at radius 2 is 1.67 bits per heavy atom. The zero-order valence-electron chi connectivity index (χ0n) is 13.3. The number of nitrogens with two attached hydrogens (primary N) is 1. The first-order valence-corrected chi connectivity index (χ1v) is 8.56. The summed E-state index contributed by atoms with van der Waals surface area (Å²) in [6.45, 7) is 1.64. The fourth-order valence-corrected chi connectivity index (χ4v) is 2.34. The van der Waals surface area contributed by atoms with Crippen LogP contribution in [0, 0.1) is 0 Å². The predicted octanol–water partition coefficient (Wildman–Crippen LogP) is 2.33. The molecular weight excluding hydrogens is 368 g/mol. The van der Waals surface area contributed by atoms with Crippen molar-refractivity contribution in [1.82, 2.24) is 10.6 Å². The van der Waals surface area contributed by atoms with Crippen LogP contribution in [-0.2, 0) is 6.42 Å². The summed E-state index contributed by atoms with van der Waals surface area (Å²) in [7, 11) is 0. The lowest BCUT2D eigenvalue weighted by atomic mass is 10.2. The second kappa shape index (κ2) is 9.72. The van der Waals surface area contributed by atoms with Gasteiger partial charge in [0.2, 0.25) is 0 Å². The fraction of sp³-hybridized carbons (Fsp3) is 0.222. The van der Waals surface area contributed by atoms with E-state index in [1.807, 2.05) is 30.3 Å². The molecule has 0 radical (unpaired) electrons. The van der Waals surface area contributed by atoms with Crippen molar-refractivity contribution in [2.75, 3.05) is 19.6 Å². The third-order valence-electron chi connectivity index (χ3n) is 3.35. The van der Waals surface area contributed by atoms with Gasteiger partial charge in [0.1, 0.15) is 0 Å². The molecule has 0 saturated heterocycles. The molecule has 6 heteroatoms. The second-order valence-electron chi connectivity index (χ2n) is 5.19. The Hall–Kier alpha value is -2.34. The fourth-order valence-electron chi connectivity index (χ4n) is 2.08. The third-order valence-corrected chi connectivity index (χ3v) is 3.88. The number of nitrogens with zero attached hydrogens (tertiary/aromatic N) is 1. The monoisotopic (exact) mass is 388 g/mol. The third kappa shape index (κ3) is 6.42. The van der Waals surface area contributed by atoms with E-state index < -0.39 is 0 Å². The summed E-state index contributed by atoms with van der Waals surface area (Å²) in [6.07, 6.45) is 0.851. The zero-order chi connectivity index (χ0) is 17.2. The molecule has 5 nitrogen and oxygen atoms in total. The van der Waals surface area contributed by atoms with Gasteiger partial charge >= 0.3 is 0 Å². The van der Waals surface area contributed by atoms with Gasteiger partial charge in [-0.2, -0.15) is 0 Å². The van der Waals surface area contributed by atoms with Crippen molar-refractivity contribution in [3.05, 3.63) is 70.2 Å². The van der Waals surface area contributed by atoms with Crippen molar-refractivity contribution in [2.24, 2.45) is 10.7 Å². The summed E-state index contributed by atoms with van der Waals surface area (Å²) >= 11 is 3.34. The van der Waals surface area contributed by atoms with Gasteiger partial charge < -0.3 is 16.4 Å². The number of guanidine groups is 1. The number of hydrogen-bond donors (Lipinski definition) is 3. The van der Waals surface area contributed by atoms with E-state index in [2.05, 4.69) is 43.7 Å². The number of nitrogens with one attached hydrogen (secondary N) is 2. The number of rotatable bonds is 7. The minimum absolute atomic E-state index is 0.108. The molecule has 0 unspecified atom stereocenters. The molecule has 1 amide bonds. The van der Waals surface area contributed by atoms with Crippen LogP contribution in [0.1, 0.15) is 15.9 Å². The van der Waals surface area contributed by atoms with Gasteiger partial charge in [0.25, 0.3) is 5.91 Å². The molecule has 4 N–H and O–H groups in total. The van der Waals surface area contributed by atoms with Crippen LogP contribution in [0.3, 0.4) is 0 Å². The highest BCUT2D eigenvalue weighted by atomic mass is 79.9. The van der Waals surface area contributed by atoms with Gasteiger partial charge in [-0.1, -0.05) is 46.3 Å². The number of amides is 1. The first kappa shape index (κ1) is 18.0. The quantitative estimate of drug-likeness (QED) is 0.386. The van der Waals surface area contributed by atoms with Gasteiger partial charge in [-0.15, -0.1) is 0 Å². The maximum Gasteiger partial charge on any atom is 0.251 e. The first-order chi connectivity index (χ1) is 11.6. The van der Waals surface area contributed by atoms with Crippen LogP contribution in [0.2, 0.25) is 0 Å². The van der Waals surface area contributed by atoms with Gasteiger partial charge in [-0.25, -0.2) is 0 Å². The molecule has 0 fully saturated rings. The minimum atomic E-state index is -0.108. The highest BCUT2D eigenvalue weighted by Crippen LogP contribution is 2.10. The minimum Gasteiger partial charge on any atom is -0.370 e. The number of aliphatic imine (C=N–C) groups is 1. The lowest BCUT2D eigenvalue weighted by Crippen LogP contribution is -2.38. The lowest BCUT2D eigenvalue weighted by molar-refractivity contribution is 0.0954. The maximum atomic E-state index is 11.9. The standard InChI is InChI=1S/C18H21BrN4O/c19-16-8-6-15(7-9-16)17(24)21-12-13-23-18(20)22-11-10-14-4-2-1-3-5-14/h1-9H,10-13H2,(H,21,24)(H3,20,22,23). The number of carbonyl (C=O) groups is 1. The van der Waals surface area contributed by atoms with Crippen LogP contribution in [0.25, 0.3) is 0 Å². The van der Waals surface area contributed by atoms with Crippen LogP contribution in [0.4, 0.5) is 0 Å². The first-order valence-electron chi connectivity index (χ1n) is 7.76. The SMILES string of the molecule is NC(=NCCc1ccccc1)NCCNC(=O)c1ccc(Br)cc1. The van der Waals surface area contributed by atoms with Gasteiger partial charge in [0.15, 0.2) is 5.96 Å². The zero-order valence-corrected chi connectivity index (χ0v) is 14.9. The number of halogens is 1. The van der Waals surface area contributed by atoms with E-state index >= 15 is 0 Å². The van der Waals surface area contributed by atoms with E-state index in [-0.39, 0.29) is 5.91 Å². The van der Waals surface area contributed by atoms with Crippen molar-refractivity contribution in [2.45, 2.75) is 6.42 Å². The normalized spacial score (nSPS) is 11.1. The Bertz CT molecular complexity index is 671. The van der Waals surface area contributed by atoms with E-state index in [1.54, 1.807) is 12.1 Å². The molecule has 2 aromatic carbocycles. The Morgan fingerprint density at radius 3 is 2.38 bits per heavy atom. The van der Waals surface area contributed by atoms with Crippen molar-refractivity contribution < 1.29 is 4.79 Å². The van der Waals surface area contributed by atoms with Crippen molar-refractivity contribution >= 4 is 27.8 Å². The summed E-state index contributed by atoms with van der Waals surface area (Å²) in [5, 5.41) is 5.82. The van der Waals surface area contributed by atoms with E-state index in [0.29, 0.717) is 31.2 Å². The largest absolute Gasteiger partial charge is 0.370 e. The molecule has 0 spiro atoms. The topological polar surface area (TPSA) is 79.5 Å². The van der Waals surface area contributed by atoms with E-state index in [4.69, 9.17) is 5.73 Å². The van der Waals surface area contributed by atoms with Crippen LogP contribution in [0.5, 0.6) is 0 Å². The maximum absolute atomic E-state index is 11.9. The Kier molecular flexibility index (Phi) is 7.29. The van der Waals surface area contributed by atoms with E-state index in [9.17, 15) is 4.79 Å². The molecule has 24 heavy (non-hydrogen) atoms. The Balaban J connectivity index is 1.63. The molecule has 0 aromatic heterocycles. The van der Waals surface area contributed by atoms with Crippen LogP contribution in [-0.4, -0.2) is 31.5 Å². The summed E-state index contributed by atoms with van der Waals surface area (Å²) in [6, 6.07) is 17.4. The van der Waals surface area contributed by atoms with Crippen molar-refractivity contribution in [3.8, 4) is 0 Å². The van der Waals surface area contributed by atoms with Gasteiger partial charge in [-0.3, -0.25) is 9.79 Å². The van der Waals surface area contributed by atoms with Crippen LogP contribution < -0.4 is 16.4 Å². The molecule has 0 atom stereocenters. The molecular formula is C18H21BrN4O. The van der Waals surface area contributed by atoms with Crippen LogP contribution >= 0.6 is 15.9 Å². The summed E-state index contributed by atoms with van der Waals surface area (Å²) in [4.78, 5) is 16.2. The molecule has 0 heterocycles. The van der Waals surface area contributed by atoms with E-state index in [0.717, 1.165) is 10.9 Å². The van der Waals surface area contributed by atoms with Crippen molar-refractivity contribution in [3.63, 3.8) is 0 Å². The molecule has 0 aliphatic rings. The highest BCUT2D eigenvalue weighted by molar-refractivity contribution is 9.10. The van der Waals surface area contributed by atoms with Gasteiger partial charge in [0.05, 0.1) is 0 Å². The molecule has 0 aliphatic carbocycles. The molecule has 0 aliphatic heterocycles. The Morgan fingerprint density at radius 1 is 1.00 bits per heavy atom. The molecule has 2 rings (SSSR count). The van der Waals surface area contributed by atoms with Crippen LogP contribution in [0.15, 0.2) is 64.1 Å². The predicted molar refractivity (Wildman–Crippen MR) is 101 cm³/mol. The molecule has 126 valence electrons. The molecule has 0 saturated carbocycles. The number of benzene rings is 2. The highest BCUT2D eigenvalue weighted by Gasteiger charge is 2.03. The molecule has 2 aromatic rings. The number of carbonyl (C=O) groups excluding carboxylic acids is 1. The molecule has 0 bridgehead atoms. The average molecular weight is 389 g/mol. The summed E-state index contributed by atoms with van der Waals surface area (Å²) < 4.78 is 0.945. The number of hydrogen-bond acceptors (Lipinski definition) is 2. The summed E-state index contributed by atoms with van der Waals surface area (Å²) in [5.41, 5.74) is 7.66. The van der Waals surface area contributed by atoms with Crippen molar-refractivity contribution in [1.29, 1.82) is 0 Å². The van der Waals surface area contributed by atoms with Gasteiger partial charge in [0, 0.05) is 29.7 Å². The lowest BCUT2D eigenvalue weighted by Gasteiger charge is -2.08. The van der Waals surface area contributed by atoms with E-state index in [1.165, 1.54) is 5.56 Å². The van der Waals surface area contributed by atoms with Gasteiger partial charge in [-0.05, 0) is 36.2 Å². The summed E-state index contributed by atoms with van der Waals surface area (Å²) in [5.74, 6) is 0.285. The Labute approximate surface area is 150 Å².